The molecule has 4 heteroatoms. The highest BCUT2D eigenvalue weighted by Crippen LogP contribution is 2.26. The minimum absolute atomic E-state index is 0.155. The predicted molar refractivity (Wildman–Crippen MR) is 114 cm³/mol. The molecule has 0 heterocycles. The van der Waals surface area contributed by atoms with Gasteiger partial charge in [0.25, 0.3) is 0 Å². The highest BCUT2D eigenvalue weighted by Gasteiger charge is 2.30. The summed E-state index contributed by atoms with van der Waals surface area (Å²) in [7, 11) is -0.791. The second kappa shape index (κ2) is 10.2. The maximum atomic E-state index is 6.18. The minimum atomic E-state index is -0.791. The van der Waals surface area contributed by atoms with E-state index in [1.54, 1.807) is 0 Å². The quantitative estimate of drug-likeness (QED) is 0.411. The molecule has 0 fully saturated rings. The number of hydrogen-bond acceptors (Lipinski definition) is 3. The molecule has 28 heavy (non-hydrogen) atoms. The normalized spacial score (nSPS) is 14.2. The van der Waals surface area contributed by atoms with Crippen molar-refractivity contribution in [3.8, 4) is 0 Å². The van der Waals surface area contributed by atoms with Crippen molar-refractivity contribution in [2.75, 3.05) is 0 Å². The first-order chi connectivity index (χ1) is 13.6. The van der Waals surface area contributed by atoms with Crippen LogP contribution in [0.15, 0.2) is 91.0 Å². The standard InChI is InChI=1S/C24H27BO3/c1-19(22-13-7-4-8-14-22)26-25(27-20(2)23-15-9-5-10-16-23)28-21(3)24-17-11-6-12-18-24/h4-21H,1-3H3. The molecule has 3 unspecified atom stereocenters. The summed E-state index contributed by atoms with van der Waals surface area (Å²) in [6, 6.07) is 30.3. The molecule has 144 valence electrons. The summed E-state index contributed by atoms with van der Waals surface area (Å²) in [6.45, 7) is 6.03. The van der Waals surface area contributed by atoms with Crippen LogP contribution in [0.25, 0.3) is 0 Å². The number of benzene rings is 3. The van der Waals surface area contributed by atoms with Crippen molar-refractivity contribution in [2.45, 2.75) is 39.1 Å². The average Bonchev–Trinajstić information content (AvgIpc) is 2.75. The van der Waals surface area contributed by atoms with Gasteiger partial charge in [0, 0.05) is 0 Å². The van der Waals surface area contributed by atoms with E-state index in [1.807, 2.05) is 112 Å². The van der Waals surface area contributed by atoms with Gasteiger partial charge in [-0.05, 0) is 37.5 Å². The van der Waals surface area contributed by atoms with E-state index in [4.69, 9.17) is 14.0 Å². The Hall–Kier alpha value is -2.40. The summed E-state index contributed by atoms with van der Waals surface area (Å²) in [5, 5.41) is 0. The van der Waals surface area contributed by atoms with Crippen LogP contribution in [-0.2, 0) is 14.0 Å². The van der Waals surface area contributed by atoms with Crippen LogP contribution in [0.5, 0.6) is 0 Å². The lowest BCUT2D eigenvalue weighted by atomic mass is 10.0. The Morgan fingerprint density at radius 1 is 0.464 bits per heavy atom. The second-order valence-electron chi connectivity index (χ2n) is 6.86. The van der Waals surface area contributed by atoms with Crippen molar-refractivity contribution in [1.82, 2.24) is 0 Å². The molecule has 3 aromatic rings. The second-order valence-corrected chi connectivity index (χ2v) is 6.86. The summed E-state index contributed by atoms with van der Waals surface area (Å²) in [4.78, 5) is 0. The molecule has 0 aromatic heterocycles. The van der Waals surface area contributed by atoms with Gasteiger partial charge in [0.15, 0.2) is 0 Å². The molecular weight excluding hydrogens is 347 g/mol. The fourth-order valence-corrected chi connectivity index (χ4v) is 3.00. The average molecular weight is 374 g/mol. The van der Waals surface area contributed by atoms with Crippen molar-refractivity contribution >= 4 is 7.32 Å². The van der Waals surface area contributed by atoms with Crippen LogP contribution >= 0.6 is 0 Å². The summed E-state index contributed by atoms with van der Waals surface area (Å²) in [6.07, 6.45) is -0.466. The lowest BCUT2D eigenvalue weighted by molar-refractivity contribution is 0.0188. The Bertz CT molecular complexity index is 698. The Kier molecular flexibility index (Phi) is 7.43. The van der Waals surface area contributed by atoms with E-state index in [2.05, 4.69) is 0 Å². The van der Waals surface area contributed by atoms with E-state index in [0.29, 0.717) is 0 Å². The monoisotopic (exact) mass is 374 g/mol. The molecule has 0 amide bonds. The Labute approximate surface area is 168 Å². The Morgan fingerprint density at radius 3 is 0.964 bits per heavy atom. The third kappa shape index (κ3) is 5.80. The molecule has 0 bridgehead atoms. The highest BCUT2D eigenvalue weighted by atomic mass is 16.7. The van der Waals surface area contributed by atoms with Gasteiger partial charge < -0.3 is 14.0 Å². The smallest absolute Gasteiger partial charge is 0.379 e. The summed E-state index contributed by atoms with van der Waals surface area (Å²) < 4.78 is 18.5. The van der Waals surface area contributed by atoms with Crippen LogP contribution in [0.4, 0.5) is 0 Å². The molecule has 0 aliphatic carbocycles. The fraction of sp³-hybridized carbons (Fsp3) is 0.250. The fourth-order valence-electron chi connectivity index (χ4n) is 3.00. The zero-order chi connectivity index (χ0) is 19.8. The molecule has 0 saturated carbocycles. The highest BCUT2D eigenvalue weighted by molar-refractivity contribution is 6.36. The molecule has 3 atom stereocenters. The largest absolute Gasteiger partial charge is 0.640 e. The SMILES string of the molecule is CC(OB(OC(C)c1ccccc1)OC(C)c1ccccc1)c1ccccc1. The molecule has 0 aliphatic rings. The van der Waals surface area contributed by atoms with Crippen LogP contribution in [0.3, 0.4) is 0 Å². The van der Waals surface area contributed by atoms with Gasteiger partial charge in [-0.15, -0.1) is 0 Å². The summed E-state index contributed by atoms with van der Waals surface area (Å²) in [5.74, 6) is 0. The predicted octanol–water partition coefficient (Wildman–Crippen LogP) is 6.30. The van der Waals surface area contributed by atoms with Crippen molar-refractivity contribution in [3.05, 3.63) is 108 Å². The topological polar surface area (TPSA) is 27.7 Å². The lowest BCUT2D eigenvalue weighted by Crippen LogP contribution is -2.31. The first-order valence-corrected chi connectivity index (χ1v) is 9.74. The molecule has 0 radical (unpaired) electrons. The van der Waals surface area contributed by atoms with E-state index in [0.717, 1.165) is 16.7 Å². The molecule has 3 nitrogen and oxygen atoms in total. The molecule has 3 rings (SSSR count). The number of hydrogen-bond donors (Lipinski definition) is 0. The van der Waals surface area contributed by atoms with Crippen LogP contribution in [0, 0.1) is 0 Å². The van der Waals surface area contributed by atoms with Crippen molar-refractivity contribution in [1.29, 1.82) is 0 Å². The van der Waals surface area contributed by atoms with Crippen LogP contribution < -0.4 is 0 Å². The van der Waals surface area contributed by atoms with E-state index >= 15 is 0 Å². The first-order valence-electron chi connectivity index (χ1n) is 9.74. The molecule has 0 aliphatic heterocycles. The third-order valence-electron chi connectivity index (χ3n) is 4.75. The van der Waals surface area contributed by atoms with Gasteiger partial charge >= 0.3 is 7.32 Å². The van der Waals surface area contributed by atoms with E-state index in [-0.39, 0.29) is 18.3 Å². The van der Waals surface area contributed by atoms with Gasteiger partial charge in [-0.1, -0.05) is 91.0 Å². The van der Waals surface area contributed by atoms with Gasteiger partial charge in [0.2, 0.25) is 0 Å². The zero-order valence-corrected chi connectivity index (χ0v) is 16.7. The third-order valence-corrected chi connectivity index (χ3v) is 4.75. The van der Waals surface area contributed by atoms with E-state index < -0.39 is 7.32 Å². The maximum absolute atomic E-state index is 6.18. The Morgan fingerprint density at radius 2 is 0.714 bits per heavy atom. The summed E-state index contributed by atoms with van der Waals surface area (Å²) in [5.41, 5.74) is 3.25. The zero-order valence-electron chi connectivity index (χ0n) is 16.7. The Balaban J connectivity index is 1.73. The molecule has 0 N–H and O–H groups in total. The van der Waals surface area contributed by atoms with E-state index in [9.17, 15) is 0 Å². The van der Waals surface area contributed by atoms with Gasteiger partial charge in [0.1, 0.15) is 0 Å². The summed E-state index contributed by atoms with van der Waals surface area (Å²) >= 11 is 0. The molecule has 0 spiro atoms. The lowest BCUT2D eigenvalue weighted by Gasteiger charge is -2.25. The van der Waals surface area contributed by atoms with Crippen LogP contribution in [0.1, 0.15) is 55.8 Å². The van der Waals surface area contributed by atoms with Crippen molar-refractivity contribution in [2.24, 2.45) is 0 Å². The minimum Gasteiger partial charge on any atom is -0.379 e. The van der Waals surface area contributed by atoms with Gasteiger partial charge in [-0.2, -0.15) is 0 Å². The van der Waals surface area contributed by atoms with Crippen molar-refractivity contribution in [3.63, 3.8) is 0 Å². The van der Waals surface area contributed by atoms with Crippen molar-refractivity contribution < 1.29 is 14.0 Å². The maximum Gasteiger partial charge on any atom is 0.640 e. The van der Waals surface area contributed by atoms with Gasteiger partial charge in [0.05, 0.1) is 18.3 Å². The van der Waals surface area contributed by atoms with Gasteiger partial charge in [-0.25, -0.2) is 0 Å². The van der Waals surface area contributed by atoms with E-state index in [1.165, 1.54) is 0 Å². The van der Waals surface area contributed by atoms with Crippen LogP contribution in [-0.4, -0.2) is 7.32 Å². The molecule has 3 aromatic carbocycles. The van der Waals surface area contributed by atoms with Crippen LogP contribution in [0.2, 0.25) is 0 Å². The molecule has 0 saturated heterocycles. The number of rotatable bonds is 9. The van der Waals surface area contributed by atoms with Gasteiger partial charge in [-0.3, -0.25) is 0 Å². The molecular formula is C24H27BO3. The first kappa shape index (κ1) is 20.3.